The van der Waals surface area contributed by atoms with Crippen LogP contribution in [-0.2, 0) is 0 Å². The number of likely N-dealkylation sites (tertiary alicyclic amines) is 1. The third-order valence-corrected chi connectivity index (χ3v) is 3.71. The molecule has 2 unspecified atom stereocenters. The van der Waals surface area contributed by atoms with Gasteiger partial charge in [0.15, 0.2) is 5.78 Å². The molecule has 0 aliphatic carbocycles. The highest BCUT2D eigenvalue weighted by atomic mass is 19.1. The molecule has 0 radical (unpaired) electrons. The number of Topliss-reactive ketones (excluding diaryl/α,β-unsaturated/α-hetero) is 1. The van der Waals surface area contributed by atoms with E-state index in [1.165, 1.54) is 12.1 Å². The first kappa shape index (κ1) is 13.2. The van der Waals surface area contributed by atoms with E-state index in [1.54, 1.807) is 12.1 Å². The van der Waals surface area contributed by atoms with Crippen LogP contribution in [-0.4, -0.2) is 36.4 Å². The normalized spacial score (nSPS) is 22.1. The van der Waals surface area contributed by atoms with Gasteiger partial charge in [-0.05, 0) is 56.6 Å². The molecule has 2 rings (SSSR count). The second kappa shape index (κ2) is 5.59. The van der Waals surface area contributed by atoms with Gasteiger partial charge in [0.1, 0.15) is 5.82 Å². The summed E-state index contributed by atoms with van der Waals surface area (Å²) in [5.74, 6) is 0.227. The summed E-state index contributed by atoms with van der Waals surface area (Å²) >= 11 is 0. The van der Waals surface area contributed by atoms with E-state index in [-0.39, 0.29) is 17.6 Å². The summed E-state index contributed by atoms with van der Waals surface area (Å²) in [5.41, 5.74) is 6.22. The Kier molecular flexibility index (Phi) is 4.09. The minimum Gasteiger partial charge on any atom is -0.330 e. The first-order chi connectivity index (χ1) is 8.61. The third kappa shape index (κ3) is 2.76. The van der Waals surface area contributed by atoms with Crippen molar-refractivity contribution in [3.63, 3.8) is 0 Å². The zero-order valence-electron chi connectivity index (χ0n) is 10.6. The van der Waals surface area contributed by atoms with Crippen LogP contribution in [0.3, 0.4) is 0 Å². The summed E-state index contributed by atoms with van der Waals surface area (Å²) in [4.78, 5) is 14.4. The molecule has 0 aromatic heterocycles. The van der Waals surface area contributed by atoms with Crippen molar-refractivity contribution >= 4 is 5.78 Å². The molecule has 1 fully saturated rings. The predicted molar refractivity (Wildman–Crippen MR) is 68.9 cm³/mol. The molecule has 3 nitrogen and oxygen atoms in total. The molecule has 0 amide bonds. The van der Waals surface area contributed by atoms with Gasteiger partial charge in [0.25, 0.3) is 0 Å². The van der Waals surface area contributed by atoms with Gasteiger partial charge in [-0.3, -0.25) is 9.69 Å². The molecule has 1 aliphatic rings. The van der Waals surface area contributed by atoms with Crippen molar-refractivity contribution in [3.05, 3.63) is 35.6 Å². The van der Waals surface area contributed by atoms with E-state index in [0.29, 0.717) is 18.0 Å². The fourth-order valence-electron chi connectivity index (χ4n) is 2.43. The molecule has 1 aromatic carbocycles. The van der Waals surface area contributed by atoms with Gasteiger partial charge in [-0.15, -0.1) is 0 Å². The van der Waals surface area contributed by atoms with E-state index in [1.807, 2.05) is 6.92 Å². The third-order valence-electron chi connectivity index (χ3n) is 3.71. The Hall–Kier alpha value is -1.26. The van der Waals surface area contributed by atoms with Gasteiger partial charge in [0.05, 0.1) is 6.04 Å². The maximum atomic E-state index is 12.8. The lowest BCUT2D eigenvalue weighted by Gasteiger charge is -2.23. The average Bonchev–Trinajstić information content (AvgIpc) is 2.86. The van der Waals surface area contributed by atoms with Gasteiger partial charge < -0.3 is 5.73 Å². The molecule has 2 atom stereocenters. The number of rotatable bonds is 4. The smallest absolute Gasteiger partial charge is 0.179 e. The summed E-state index contributed by atoms with van der Waals surface area (Å²) in [6.07, 6.45) is 1.05. The van der Waals surface area contributed by atoms with E-state index in [2.05, 4.69) is 4.90 Å². The first-order valence-corrected chi connectivity index (χ1v) is 6.35. The van der Waals surface area contributed by atoms with Crippen molar-refractivity contribution in [1.29, 1.82) is 0 Å². The summed E-state index contributed by atoms with van der Waals surface area (Å²) in [5, 5.41) is 0. The average molecular weight is 250 g/mol. The van der Waals surface area contributed by atoms with Gasteiger partial charge in [-0.25, -0.2) is 4.39 Å². The molecule has 1 aromatic rings. The summed E-state index contributed by atoms with van der Waals surface area (Å²) in [7, 11) is 0. The van der Waals surface area contributed by atoms with E-state index in [4.69, 9.17) is 5.73 Å². The molecular formula is C14H19FN2O. The van der Waals surface area contributed by atoms with Crippen LogP contribution >= 0.6 is 0 Å². The molecule has 0 saturated carbocycles. The van der Waals surface area contributed by atoms with E-state index >= 15 is 0 Å². The van der Waals surface area contributed by atoms with Crippen LogP contribution in [0, 0.1) is 11.7 Å². The monoisotopic (exact) mass is 250 g/mol. The second-order valence-corrected chi connectivity index (χ2v) is 4.93. The van der Waals surface area contributed by atoms with Gasteiger partial charge >= 0.3 is 0 Å². The lowest BCUT2D eigenvalue weighted by Crippen LogP contribution is -2.37. The lowest BCUT2D eigenvalue weighted by molar-refractivity contribution is 0.0863. The van der Waals surface area contributed by atoms with Crippen LogP contribution in [0.2, 0.25) is 0 Å². The molecule has 98 valence electrons. The molecule has 1 heterocycles. The van der Waals surface area contributed by atoms with Gasteiger partial charge in [-0.1, -0.05) is 0 Å². The van der Waals surface area contributed by atoms with Crippen molar-refractivity contribution in [2.75, 3.05) is 19.6 Å². The van der Waals surface area contributed by atoms with E-state index in [9.17, 15) is 9.18 Å². The second-order valence-electron chi connectivity index (χ2n) is 4.93. The molecule has 2 N–H and O–H groups in total. The minimum atomic E-state index is -0.316. The topological polar surface area (TPSA) is 46.3 Å². The SMILES string of the molecule is CC(C(=O)c1ccc(F)cc1)N1CCC(CN)C1. The highest BCUT2D eigenvalue weighted by Gasteiger charge is 2.29. The fourth-order valence-corrected chi connectivity index (χ4v) is 2.43. The van der Waals surface area contributed by atoms with Crippen LogP contribution in [0.15, 0.2) is 24.3 Å². The van der Waals surface area contributed by atoms with Crippen LogP contribution in [0.1, 0.15) is 23.7 Å². The predicted octanol–water partition coefficient (Wildman–Crippen LogP) is 1.68. The Balaban J connectivity index is 2.03. The quantitative estimate of drug-likeness (QED) is 0.827. The lowest BCUT2D eigenvalue weighted by atomic mass is 10.0. The highest BCUT2D eigenvalue weighted by Crippen LogP contribution is 2.19. The summed E-state index contributed by atoms with van der Waals surface area (Å²) in [6.45, 7) is 4.37. The standard InChI is InChI=1S/C14H19FN2O/c1-10(17-7-6-11(8-16)9-17)14(18)12-2-4-13(15)5-3-12/h2-5,10-11H,6-9,16H2,1H3. The number of benzene rings is 1. The molecule has 0 spiro atoms. The summed E-state index contributed by atoms with van der Waals surface area (Å²) in [6, 6.07) is 5.58. The van der Waals surface area contributed by atoms with Gasteiger partial charge in [0, 0.05) is 12.1 Å². The van der Waals surface area contributed by atoms with E-state index in [0.717, 1.165) is 19.5 Å². The molecule has 1 saturated heterocycles. The number of nitrogens with two attached hydrogens (primary N) is 1. The van der Waals surface area contributed by atoms with Gasteiger partial charge in [-0.2, -0.15) is 0 Å². The number of carbonyl (C=O) groups is 1. The zero-order chi connectivity index (χ0) is 13.1. The largest absolute Gasteiger partial charge is 0.330 e. The maximum absolute atomic E-state index is 12.8. The number of carbonyl (C=O) groups excluding carboxylic acids is 1. The maximum Gasteiger partial charge on any atom is 0.179 e. The van der Waals surface area contributed by atoms with Crippen molar-refractivity contribution in [2.45, 2.75) is 19.4 Å². The zero-order valence-corrected chi connectivity index (χ0v) is 10.6. The van der Waals surface area contributed by atoms with Gasteiger partial charge in [0.2, 0.25) is 0 Å². The minimum absolute atomic E-state index is 0.0488. The van der Waals surface area contributed by atoms with Crippen LogP contribution in [0.4, 0.5) is 4.39 Å². The molecule has 4 heteroatoms. The van der Waals surface area contributed by atoms with Crippen LogP contribution in [0.25, 0.3) is 0 Å². The molecular weight excluding hydrogens is 231 g/mol. The molecule has 18 heavy (non-hydrogen) atoms. The fraction of sp³-hybridized carbons (Fsp3) is 0.500. The highest BCUT2D eigenvalue weighted by molar-refractivity contribution is 5.99. The Morgan fingerprint density at radius 1 is 1.50 bits per heavy atom. The van der Waals surface area contributed by atoms with Crippen molar-refractivity contribution in [3.8, 4) is 0 Å². The van der Waals surface area contributed by atoms with Crippen LogP contribution in [0.5, 0.6) is 0 Å². The van der Waals surface area contributed by atoms with Crippen molar-refractivity contribution in [2.24, 2.45) is 11.7 Å². The van der Waals surface area contributed by atoms with Crippen LogP contribution < -0.4 is 5.73 Å². The molecule has 0 bridgehead atoms. The Morgan fingerprint density at radius 2 is 2.17 bits per heavy atom. The summed E-state index contributed by atoms with van der Waals surface area (Å²) < 4.78 is 12.8. The Morgan fingerprint density at radius 3 is 2.72 bits per heavy atom. The van der Waals surface area contributed by atoms with Crippen molar-refractivity contribution in [1.82, 2.24) is 4.90 Å². The van der Waals surface area contributed by atoms with Crippen molar-refractivity contribution < 1.29 is 9.18 Å². The number of nitrogens with zero attached hydrogens (tertiary/aromatic N) is 1. The Labute approximate surface area is 107 Å². The molecule has 1 aliphatic heterocycles. The first-order valence-electron chi connectivity index (χ1n) is 6.35. The number of halogens is 1. The number of hydrogen-bond acceptors (Lipinski definition) is 3. The Bertz CT molecular complexity index is 418. The van der Waals surface area contributed by atoms with E-state index < -0.39 is 0 Å². The number of hydrogen-bond donors (Lipinski definition) is 1. The number of ketones is 1.